The standard InChI is InChI=1S/C46H31N3O/c1-46(2)39-17-10-16-34(44(39)50-42-26-19-29(28-47)27-40(42)46)31-20-22-32(23-21-31)43-38-15-8-9-18-41(38)48-45(49-43)37-25-24-33(30-11-4-3-5-12-30)35-13-6-7-14-36(35)37/h3-27H,1-2H3. The molecule has 0 spiro atoms. The number of rotatable bonds is 4. The van der Waals surface area contributed by atoms with Crippen molar-refractivity contribution in [3.63, 3.8) is 0 Å². The van der Waals surface area contributed by atoms with Gasteiger partial charge in [0, 0.05) is 38.6 Å². The second kappa shape index (κ2) is 11.5. The van der Waals surface area contributed by atoms with Crippen molar-refractivity contribution < 1.29 is 4.74 Å². The second-order valence-electron chi connectivity index (χ2n) is 13.3. The number of hydrogen-bond acceptors (Lipinski definition) is 4. The molecule has 4 nitrogen and oxygen atoms in total. The van der Waals surface area contributed by atoms with Crippen LogP contribution in [-0.4, -0.2) is 9.97 Å². The number of nitriles is 1. The Morgan fingerprint density at radius 1 is 0.540 bits per heavy atom. The lowest BCUT2D eigenvalue weighted by atomic mass is 9.74. The van der Waals surface area contributed by atoms with E-state index in [1.54, 1.807) is 0 Å². The van der Waals surface area contributed by atoms with Crippen LogP contribution in [-0.2, 0) is 5.41 Å². The summed E-state index contributed by atoms with van der Waals surface area (Å²) >= 11 is 0. The summed E-state index contributed by atoms with van der Waals surface area (Å²) in [5, 5.41) is 12.8. The topological polar surface area (TPSA) is 58.8 Å². The first kappa shape index (κ1) is 29.6. The van der Waals surface area contributed by atoms with Crippen LogP contribution < -0.4 is 4.74 Å². The Morgan fingerprint density at radius 3 is 1.98 bits per heavy atom. The van der Waals surface area contributed by atoms with E-state index in [1.165, 1.54) is 16.5 Å². The SMILES string of the molecule is CC1(C)c2cc(C#N)ccc2Oc2c(-c3ccc(-c4nc(-c5ccc(-c6ccccc6)c6ccccc56)nc5ccccc45)cc3)cccc21. The maximum Gasteiger partial charge on any atom is 0.161 e. The quantitative estimate of drug-likeness (QED) is 0.192. The predicted octanol–water partition coefficient (Wildman–Crippen LogP) is 11.8. The maximum absolute atomic E-state index is 9.53. The number of hydrogen-bond donors (Lipinski definition) is 0. The largest absolute Gasteiger partial charge is 0.456 e. The molecule has 4 heteroatoms. The van der Waals surface area contributed by atoms with Crippen LogP contribution >= 0.6 is 0 Å². The summed E-state index contributed by atoms with van der Waals surface area (Å²) in [5.74, 6) is 2.34. The van der Waals surface area contributed by atoms with Gasteiger partial charge in [0.1, 0.15) is 11.5 Å². The molecule has 1 aliphatic heterocycles. The average molecular weight is 642 g/mol. The summed E-state index contributed by atoms with van der Waals surface area (Å²) in [6.45, 7) is 4.38. The number of fused-ring (bicyclic) bond motifs is 4. The monoisotopic (exact) mass is 641 g/mol. The molecule has 0 unspecified atom stereocenters. The van der Waals surface area contributed by atoms with Gasteiger partial charge in [-0.3, -0.25) is 0 Å². The Bertz CT molecular complexity index is 2650. The normalized spacial score (nSPS) is 12.9. The number of benzene rings is 7. The zero-order chi connectivity index (χ0) is 33.8. The third-order valence-electron chi connectivity index (χ3n) is 10.0. The molecule has 0 saturated heterocycles. The molecule has 0 atom stereocenters. The van der Waals surface area contributed by atoms with E-state index >= 15 is 0 Å². The highest BCUT2D eigenvalue weighted by molar-refractivity contribution is 6.05. The van der Waals surface area contributed by atoms with Gasteiger partial charge in [-0.1, -0.05) is 135 Å². The van der Waals surface area contributed by atoms with Crippen molar-refractivity contribution in [1.29, 1.82) is 5.26 Å². The Hall–Kier alpha value is -6.57. The summed E-state index contributed by atoms with van der Waals surface area (Å²) in [6, 6.07) is 54.4. The maximum atomic E-state index is 9.53. The molecule has 236 valence electrons. The van der Waals surface area contributed by atoms with Gasteiger partial charge in [0.25, 0.3) is 0 Å². The van der Waals surface area contributed by atoms with Crippen LogP contribution in [0.5, 0.6) is 11.5 Å². The summed E-state index contributed by atoms with van der Waals surface area (Å²) in [5.41, 5.74) is 10.7. The zero-order valence-electron chi connectivity index (χ0n) is 27.7. The van der Waals surface area contributed by atoms with Gasteiger partial charge in [-0.05, 0) is 57.8 Å². The van der Waals surface area contributed by atoms with Crippen LogP contribution in [0.4, 0.5) is 0 Å². The van der Waals surface area contributed by atoms with Crippen molar-refractivity contribution >= 4 is 21.7 Å². The molecule has 8 aromatic rings. The third-order valence-corrected chi connectivity index (χ3v) is 10.0. The molecule has 7 aromatic carbocycles. The molecule has 0 saturated carbocycles. The third kappa shape index (κ3) is 4.75. The number of para-hydroxylation sites is 2. The van der Waals surface area contributed by atoms with Crippen LogP contribution in [0.1, 0.15) is 30.5 Å². The lowest BCUT2D eigenvalue weighted by Gasteiger charge is -2.35. The number of ether oxygens (including phenoxy) is 1. The first-order valence-corrected chi connectivity index (χ1v) is 16.8. The summed E-state index contributed by atoms with van der Waals surface area (Å²) in [7, 11) is 0. The predicted molar refractivity (Wildman–Crippen MR) is 202 cm³/mol. The Morgan fingerprint density at radius 2 is 1.20 bits per heavy atom. The lowest BCUT2D eigenvalue weighted by Crippen LogP contribution is -2.24. The van der Waals surface area contributed by atoms with Crippen molar-refractivity contribution in [2.24, 2.45) is 0 Å². The van der Waals surface area contributed by atoms with E-state index in [1.807, 2.05) is 36.4 Å². The van der Waals surface area contributed by atoms with E-state index in [0.717, 1.165) is 66.9 Å². The van der Waals surface area contributed by atoms with Gasteiger partial charge < -0.3 is 4.74 Å². The minimum Gasteiger partial charge on any atom is -0.456 e. The molecular formula is C46H31N3O. The van der Waals surface area contributed by atoms with Gasteiger partial charge >= 0.3 is 0 Å². The van der Waals surface area contributed by atoms with E-state index in [2.05, 4.69) is 135 Å². The second-order valence-corrected chi connectivity index (χ2v) is 13.3. The summed E-state index contributed by atoms with van der Waals surface area (Å²) in [6.07, 6.45) is 0. The van der Waals surface area contributed by atoms with Crippen molar-refractivity contribution in [3.05, 3.63) is 168 Å². The molecule has 50 heavy (non-hydrogen) atoms. The lowest BCUT2D eigenvalue weighted by molar-refractivity contribution is 0.419. The van der Waals surface area contributed by atoms with Crippen LogP contribution in [0.15, 0.2) is 152 Å². The molecule has 9 rings (SSSR count). The zero-order valence-corrected chi connectivity index (χ0v) is 27.7. The molecule has 0 fully saturated rings. The smallest absolute Gasteiger partial charge is 0.161 e. The Balaban J connectivity index is 1.14. The van der Waals surface area contributed by atoms with E-state index in [4.69, 9.17) is 14.7 Å². The average Bonchev–Trinajstić information content (AvgIpc) is 3.17. The first-order valence-electron chi connectivity index (χ1n) is 16.8. The van der Waals surface area contributed by atoms with Gasteiger partial charge in [0.2, 0.25) is 0 Å². The summed E-state index contributed by atoms with van der Waals surface area (Å²) < 4.78 is 6.58. The fraction of sp³-hybridized carbons (Fsp3) is 0.0652. The molecule has 0 aliphatic carbocycles. The van der Waals surface area contributed by atoms with Crippen LogP contribution in [0.25, 0.3) is 66.6 Å². The molecule has 0 amide bonds. The van der Waals surface area contributed by atoms with E-state index in [-0.39, 0.29) is 5.41 Å². The highest BCUT2D eigenvalue weighted by Gasteiger charge is 2.35. The molecule has 1 aliphatic rings. The Labute approximate surface area is 290 Å². The van der Waals surface area contributed by atoms with Crippen molar-refractivity contribution in [1.82, 2.24) is 9.97 Å². The number of nitrogens with zero attached hydrogens (tertiary/aromatic N) is 3. The van der Waals surface area contributed by atoms with Crippen LogP contribution in [0.3, 0.4) is 0 Å². The molecule has 1 aromatic heterocycles. The highest BCUT2D eigenvalue weighted by atomic mass is 16.5. The Kier molecular flexibility index (Phi) is 6.82. The molecule has 2 heterocycles. The number of aromatic nitrogens is 2. The van der Waals surface area contributed by atoms with Crippen LogP contribution in [0, 0.1) is 11.3 Å². The molecule has 0 radical (unpaired) electrons. The molecule has 0 N–H and O–H groups in total. The van der Waals surface area contributed by atoms with E-state index in [9.17, 15) is 5.26 Å². The van der Waals surface area contributed by atoms with Crippen molar-refractivity contribution in [3.8, 4) is 62.5 Å². The van der Waals surface area contributed by atoms with Gasteiger partial charge in [-0.15, -0.1) is 0 Å². The minimum absolute atomic E-state index is 0.328. The van der Waals surface area contributed by atoms with Gasteiger partial charge in [-0.2, -0.15) is 5.26 Å². The van der Waals surface area contributed by atoms with Crippen LogP contribution in [0.2, 0.25) is 0 Å². The highest BCUT2D eigenvalue weighted by Crippen LogP contribution is 2.51. The fourth-order valence-corrected chi connectivity index (χ4v) is 7.39. The molecule has 0 bridgehead atoms. The molecular weight excluding hydrogens is 611 g/mol. The summed E-state index contributed by atoms with van der Waals surface area (Å²) in [4.78, 5) is 10.4. The minimum atomic E-state index is -0.328. The van der Waals surface area contributed by atoms with Gasteiger partial charge in [0.15, 0.2) is 5.82 Å². The van der Waals surface area contributed by atoms with E-state index < -0.39 is 0 Å². The van der Waals surface area contributed by atoms with Crippen molar-refractivity contribution in [2.45, 2.75) is 19.3 Å². The van der Waals surface area contributed by atoms with Gasteiger partial charge in [-0.25, -0.2) is 9.97 Å². The van der Waals surface area contributed by atoms with E-state index in [0.29, 0.717) is 11.4 Å². The van der Waals surface area contributed by atoms with Crippen molar-refractivity contribution in [2.75, 3.05) is 0 Å². The fourth-order valence-electron chi connectivity index (χ4n) is 7.39. The first-order chi connectivity index (χ1) is 24.5. The van der Waals surface area contributed by atoms with Gasteiger partial charge in [0.05, 0.1) is 22.8 Å².